The lowest BCUT2D eigenvalue weighted by molar-refractivity contribution is -0.173. The van der Waals surface area contributed by atoms with Gasteiger partial charge in [-0.3, -0.25) is 4.79 Å². The summed E-state index contributed by atoms with van der Waals surface area (Å²) in [5, 5.41) is 1.66. The summed E-state index contributed by atoms with van der Waals surface area (Å²) in [6.07, 6.45) is -4.82. The van der Waals surface area contributed by atoms with Gasteiger partial charge in [0, 0.05) is 4.48 Å². The molecule has 0 radical (unpaired) electrons. The van der Waals surface area contributed by atoms with Crippen LogP contribution in [-0.4, -0.2) is 18.6 Å². The molecule has 12 heavy (non-hydrogen) atoms. The average molecular weight is 311 g/mol. The van der Waals surface area contributed by atoms with Crippen molar-refractivity contribution in [3.63, 3.8) is 0 Å². The van der Waals surface area contributed by atoms with Crippen LogP contribution in [0.4, 0.5) is 13.2 Å². The molecular weight excluding hydrogens is 307 g/mol. The lowest BCUT2D eigenvalue weighted by Crippen LogP contribution is -2.37. The van der Waals surface area contributed by atoms with Gasteiger partial charge in [-0.15, -0.1) is 0 Å². The number of rotatable bonds is 2. The van der Waals surface area contributed by atoms with Gasteiger partial charge < -0.3 is 5.32 Å². The van der Waals surface area contributed by atoms with E-state index in [1.54, 1.807) is 5.32 Å². The second-order valence-electron chi connectivity index (χ2n) is 1.74. The zero-order chi connectivity index (χ0) is 9.78. The molecule has 1 N–H and O–H groups in total. The fraction of sp³-hybridized carbons (Fsp3) is 0.400. The number of carbonyl (C=O) groups excluding carboxylic acids is 1. The van der Waals surface area contributed by atoms with E-state index in [2.05, 4.69) is 31.9 Å². The van der Waals surface area contributed by atoms with Crippen molar-refractivity contribution in [1.29, 1.82) is 0 Å². The maximum absolute atomic E-state index is 11.5. The van der Waals surface area contributed by atoms with Gasteiger partial charge >= 0.3 is 12.1 Å². The predicted octanol–water partition coefficient (Wildman–Crippen LogP) is 2.30. The molecule has 0 aromatic rings. The summed E-state index contributed by atoms with van der Waals surface area (Å²) in [5.41, 5.74) is 0. The molecule has 0 atom stereocenters. The number of alkyl halides is 3. The molecule has 0 spiro atoms. The van der Waals surface area contributed by atoms with E-state index in [-0.39, 0.29) is 6.54 Å². The maximum atomic E-state index is 11.5. The molecule has 1 amide bonds. The summed E-state index contributed by atoms with van der Waals surface area (Å²) in [5.74, 6) is -1.95. The Morgan fingerprint density at radius 1 is 1.50 bits per heavy atom. The quantitative estimate of drug-likeness (QED) is 0.833. The Hall–Kier alpha value is -0.0400. The van der Waals surface area contributed by atoms with Gasteiger partial charge in [0.1, 0.15) is 0 Å². The molecule has 0 aromatic heterocycles. The molecule has 0 fully saturated rings. The van der Waals surface area contributed by atoms with Crippen LogP contribution in [0.15, 0.2) is 9.47 Å². The highest BCUT2D eigenvalue weighted by Gasteiger charge is 2.38. The molecule has 0 rings (SSSR count). The van der Waals surface area contributed by atoms with E-state index in [4.69, 9.17) is 0 Å². The van der Waals surface area contributed by atoms with Crippen molar-refractivity contribution < 1.29 is 18.0 Å². The highest BCUT2D eigenvalue weighted by molar-refractivity contribution is 9.14. The van der Waals surface area contributed by atoms with E-state index in [9.17, 15) is 18.0 Å². The molecule has 0 saturated carbocycles. The maximum Gasteiger partial charge on any atom is 0.471 e. The minimum Gasteiger partial charge on any atom is -0.344 e. The van der Waals surface area contributed by atoms with Gasteiger partial charge in [0.25, 0.3) is 0 Å². The van der Waals surface area contributed by atoms with Crippen molar-refractivity contribution in [3.05, 3.63) is 9.47 Å². The second kappa shape index (κ2) is 4.86. The molecule has 0 aromatic carbocycles. The molecule has 7 heteroatoms. The number of nitrogens with one attached hydrogen (secondary N) is 1. The zero-order valence-corrected chi connectivity index (χ0v) is 8.75. The number of halogens is 5. The first-order valence-corrected chi connectivity index (χ1v) is 4.38. The molecule has 70 valence electrons. The molecule has 0 aliphatic carbocycles. The summed E-state index contributed by atoms with van der Waals surface area (Å²) in [7, 11) is 0. The lowest BCUT2D eigenvalue weighted by atomic mass is 10.5. The SMILES string of the molecule is O=C(NCC(Br)=CBr)C(F)(F)F. The van der Waals surface area contributed by atoms with Gasteiger partial charge in [-0.1, -0.05) is 31.9 Å². The van der Waals surface area contributed by atoms with E-state index < -0.39 is 12.1 Å². The van der Waals surface area contributed by atoms with E-state index in [0.29, 0.717) is 4.48 Å². The second-order valence-corrected chi connectivity index (χ2v) is 3.21. The topological polar surface area (TPSA) is 29.1 Å². The van der Waals surface area contributed by atoms with Crippen molar-refractivity contribution >= 4 is 37.8 Å². The Bertz CT molecular complexity index is 201. The average Bonchev–Trinajstić information content (AvgIpc) is 1.97. The predicted molar refractivity (Wildman–Crippen MR) is 45.0 cm³/mol. The van der Waals surface area contributed by atoms with Gasteiger partial charge in [-0.2, -0.15) is 13.2 Å². The van der Waals surface area contributed by atoms with Crippen LogP contribution in [0.2, 0.25) is 0 Å². The molecule has 0 unspecified atom stereocenters. The first-order chi connectivity index (χ1) is 5.38. The molecular formula is C5H4Br2F3NO. The third kappa shape index (κ3) is 4.76. The number of carbonyl (C=O) groups is 1. The van der Waals surface area contributed by atoms with Crippen LogP contribution in [0.5, 0.6) is 0 Å². The third-order valence-corrected chi connectivity index (χ3v) is 2.47. The normalized spacial score (nSPS) is 12.9. The summed E-state index contributed by atoms with van der Waals surface area (Å²) in [6, 6.07) is 0. The van der Waals surface area contributed by atoms with Crippen molar-refractivity contribution in [3.8, 4) is 0 Å². The van der Waals surface area contributed by atoms with Gasteiger partial charge in [0.2, 0.25) is 0 Å². The Morgan fingerprint density at radius 3 is 2.33 bits per heavy atom. The number of hydrogen-bond donors (Lipinski definition) is 1. The summed E-state index contributed by atoms with van der Waals surface area (Å²) in [4.78, 5) is 11.6. The van der Waals surface area contributed by atoms with Crippen LogP contribution >= 0.6 is 31.9 Å². The Labute approximate surface area is 83.5 Å². The molecule has 2 nitrogen and oxygen atoms in total. The molecule has 0 aliphatic heterocycles. The number of amides is 1. The van der Waals surface area contributed by atoms with Gasteiger partial charge in [0.05, 0.1) is 6.54 Å². The van der Waals surface area contributed by atoms with Crippen molar-refractivity contribution in [2.24, 2.45) is 0 Å². The fourth-order valence-electron chi connectivity index (χ4n) is 0.304. The third-order valence-electron chi connectivity index (χ3n) is 0.794. The molecule has 0 heterocycles. The Balaban J connectivity index is 3.89. The smallest absolute Gasteiger partial charge is 0.344 e. The van der Waals surface area contributed by atoms with Crippen LogP contribution in [0.25, 0.3) is 0 Å². The summed E-state index contributed by atoms with van der Waals surface area (Å²) in [6.45, 7) is -0.191. The van der Waals surface area contributed by atoms with Crippen LogP contribution in [0, 0.1) is 0 Å². The number of hydrogen-bond acceptors (Lipinski definition) is 1. The monoisotopic (exact) mass is 309 g/mol. The zero-order valence-electron chi connectivity index (χ0n) is 5.58. The van der Waals surface area contributed by atoms with Gasteiger partial charge in [-0.25, -0.2) is 0 Å². The van der Waals surface area contributed by atoms with E-state index >= 15 is 0 Å². The summed E-state index contributed by atoms with van der Waals surface area (Å²) >= 11 is 5.78. The lowest BCUT2D eigenvalue weighted by Gasteiger charge is -2.06. The largest absolute Gasteiger partial charge is 0.471 e. The highest BCUT2D eigenvalue weighted by atomic mass is 79.9. The standard InChI is InChI=1S/C5H4Br2F3NO/c6-1-3(7)2-11-4(12)5(8,9)10/h1H,2H2,(H,11,12). The highest BCUT2D eigenvalue weighted by Crippen LogP contribution is 2.14. The minimum atomic E-state index is -4.82. The van der Waals surface area contributed by atoms with Gasteiger partial charge in [-0.05, 0) is 4.99 Å². The van der Waals surface area contributed by atoms with E-state index in [1.165, 1.54) is 4.99 Å². The fourth-order valence-corrected chi connectivity index (χ4v) is 0.606. The van der Waals surface area contributed by atoms with Gasteiger partial charge in [0.15, 0.2) is 0 Å². The van der Waals surface area contributed by atoms with Crippen molar-refractivity contribution in [2.75, 3.05) is 6.54 Å². The van der Waals surface area contributed by atoms with Crippen LogP contribution < -0.4 is 5.32 Å². The van der Waals surface area contributed by atoms with Crippen molar-refractivity contribution in [1.82, 2.24) is 5.32 Å². The van der Waals surface area contributed by atoms with Crippen LogP contribution in [-0.2, 0) is 4.79 Å². The summed E-state index contributed by atoms with van der Waals surface area (Å²) < 4.78 is 35.1. The minimum absolute atomic E-state index is 0.191. The van der Waals surface area contributed by atoms with E-state index in [0.717, 1.165) is 0 Å². The molecule has 0 saturated heterocycles. The molecule has 0 bridgehead atoms. The van der Waals surface area contributed by atoms with Crippen molar-refractivity contribution in [2.45, 2.75) is 6.18 Å². The van der Waals surface area contributed by atoms with Crippen LogP contribution in [0.3, 0.4) is 0 Å². The molecule has 0 aliphatic rings. The van der Waals surface area contributed by atoms with Crippen LogP contribution in [0.1, 0.15) is 0 Å². The Kier molecular flexibility index (Phi) is 4.84. The van der Waals surface area contributed by atoms with E-state index in [1.807, 2.05) is 0 Å². The first kappa shape index (κ1) is 12.0. The Morgan fingerprint density at radius 2 is 2.00 bits per heavy atom. The first-order valence-electron chi connectivity index (χ1n) is 2.67.